The van der Waals surface area contributed by atoms with Crippen LogP contribution in [0.3, 0.4) is 0 Å². The minimum atomic E-state index is -0.0409. The third-order valence-corrected chi connectivity index (χ3v) is 3.77. The number of hydrogen-bond acceptors (Lipinski definition) is 3. The molecule has 0 saturated heterocycles. The summed E-state index contributed by atoms with van der Waals surface area (Å²) in [5.41, 5.74) is 0. The molecule has 0 aromatic heterocycles. The second-order valence-electron chi connectivity index (χ2n) is 4.30. The van der Waals surface area contributed by atoms with E-state index in [-0.39, 0.29) is 23.8 Å². The van der Waals surface area contributed by atoms with Crippen LogP contribution in [0.5, 0.6) is 0 Å². The largest absolute Gasteiger partial charge is 0.396 e. The molecule has 96 valence electrons. The lowest BCUT2D eigenvalue weighted by molar-refractivity contribution is -0.120. The summed E-state index contributed by atoms with van der Waals surface area (Å²) in [5.74, 6) is 0.107. The van der Waals surface area contributed by atoms with Gasteiger partial charge >= 0.3 is 0 Å². The molecule has 0 rings (SSSR count). The number of hydrogen-bond donors (Lipinski definition) is 2. The first-order valence-electron chi connectivity index (χ1n) is 6.07. The molecule has 0 aliphatic heterocycles. The zero-order valence-corrected chi connectivity index (χ0v) is 11.6. The molecule has 0 aliphatic carbocycles. The average molecular weight is 247 g/mol. The minimum Gasteiger partial charge on any atom is -0.396 e. The molecular weight excluding hydrogens is 222 g/mol. The van der Waals surface area contributed by atoms with E-state index in [0.29, 0.717) is 5.25 Å². The average Bonchev–Trinajstić information content (AvgIpc) is 2.17. The lowest BCUT2D eigenvalue weighted by Gasteiger charge is -2.19. The minimum absolute atomic E-state index is 0.0409. The maximum Gasteiger partial charge on any atom is 0.233 e. The van der Waals surface area contributed by atoms with Gasteiger partial charge in [0.15, 0.2) is 0 Å². The van der Waals surface area contributed by atoms with Crippen LogP contribution in [0.25, 0.3) is 0 Å². The molecule has 0 bridgehead atoms. The Labute approximate surface area is 103 Å². The van der Waals surface area contributed by atoms with E-state index >= 15 is 0 Å². The zero-order chi connectivity index (χ0) is 12.6. The van der Waals surface area contributed by atoms with Crippen molar-refractivity contribution in [2.24, 2.45) is 0 Å². The Kier molecular flexibility index (Phi) is 8.76. The van der Waals surface area contributed by atoms with Gasteiger partial charge in [-0.15, -0.1) is 11.8 Å². The maximum atomic E-state index is 11.8. The van der Waals surface area contributed by atoms with Crippen LogP contribution in [-0.2, 0) is 4.79 Å². The van der Waals surface area contributed by atoms with E-state index in [0.717, 1.165) is 19.3 Å². The van der Waals surface area contributed by atoms with Gasteiger partial charge in [-0.1, -0.05) is 20.3 Å². The van der Waals surface area contributed by atoms with Gasteiger partial charge < -0.3 is 10.4 Å². The topological polar surface area (TPSA) is 49.3 Å². The molecule has 3 atom stereocenters. The summed E-state index contributed by atoms with van der Waals surface area (Å²) in [6, 6.07) is 0.258. The highest BCUT2D eigenvalue weighted by Crippen LogP contribution is 2.20. The van der Waals surface area contributed by atoms with Crippen LogP contribution in [-0.4, -0.2) is 34.2 Å². The van der Waals surface area contributed by atoms with Gasteiger partial charge in [-0.25, -0.2) is 0 Å². The molecule has 1 amide bonds. The van der Waals surface area contributed by atoms with Crippen LogP contribution in [0.1, 0.15) is 47.0 Å². The van der Waals surface area contributed by atoms with Crippen LogP contribution in [0, 0.1) is 0 Å². The lowest BCUT2D eigenvalue weighted by Crippen LogP contribution is -2.38. The van der Waals surface area contributed by atoms with Gasteiger partial charge in [0.2, 0.25) is 5.91 Å². The molecule has 0 spiro atoms. The highest BCUT2D eigenvalue weighted by molar-refractivity contribution is 8.01. The van der Waals surface area contributed by atoms with Gasteiger partial charge in [-0.2, -0.15) is 0 Å². The smallest absolute Gasteiger partial charge is 0.233 e. The van der Waals surface area contributed by atoms with Gasteiger partial charge in [0.1, 0.15) is 0 Å². The van der Waals surface area contributed by atoms with Crippen molar-refractivity contribution >= 4 is 17.7 Å². The van der Waals surface area contributed by atoms with E-state index in [4.69, 9.17) is 5.11 Å². The Bertz CT molecular complexity index is 199. The number of amides is 1. The molecule has 0 aliphatic rings. The quantitative estimate of drug-likeness (QED) is 0.691. The second-order valence-corrected chi connectivity index (χ2v) is 6.08. The number of rotatable bonds is 8. The monoisotopic (exact) mass is 247 g/mol. The third-order valence-electron chi connectivity index (χ3n) is 2.45. The van der Waals surface area contributed by atoms with Crippen molar-refractivity contribution in [3.8, 4) is 0 Å². The molecule has 2 N–H and O–H groups in total. The summed E-state index contributed by atoms with van der Waals surface area (Å²) in [5, 5.41) is 12.1. The van der Waals surface area contributed by atoms with Gasteiger partial charge in [0, 0.05) is 17.9 Å². The van der Waals surface area contributed by atoms with Crippen molar-refractivity contribution in [2.75, 3.05) is 6.61 Å². The highest BCUT2D eigenvalue weighted by atomic mass is 32.2. The predicted octanol–water partition coefficient (Wildman–Crippen LogP) is 2.18. The Morgan fingerprint density at radius 1 is 1.31 bits per heavy atom. The summed E-state index contributed by atoms with van der Waals surface area (Å²) in [6.45, 7) is 8.31. The molecule has 16 heavy (non-hydrogen) atoms. The fourth-order valence-electron chi connectivity index (χ4n) is 1.53. The van der Waals surface area contributed by atoms with E-state index < -0.39 is 0 Å². The Balaban J connectivity index is 3.89. The van der Waals surface area contributed by atoms with Crippen LogP contribution in [0.4, 0.5) is 0 Å². The van der Waals surface area contributed by atoms with E-state index in [1.807, 2.05) is 20.8 Å². The van der Waals surface area contributed by atoms with Crippen molar-refractivity contribution < 1.29 is 9.90 Å². The molecule has 0 radical (unpaired) electrons. The predicted molar refractivity (Wildman–Crippen MR) is 70.7 cm³/mol. The number of carbonyl (C=O) groups excluding carboxylic acids is 1. The van der Waals surface area contributed by atoms with Crippen molar-refractivity contribution in [3.05, 3.63) is 0 Å². The van der Waals surface area contributed by atoms with Crippen molar-refractivity contribution in [3.63, 3.8) is 0 Å². The first-order chi connectivity index (χ1) is 7.51. The standard InChI is InChI=1S/C12H25NO2S/c1-5-6-9(2)13-12(15)11(4)16-10(3)7-8-14/h9-11,14H,5-8H2,1-4H3,(H,13,15). The molecule has 0 saturated carbocycles. The fraction of sp³-hybridized carbons (Fsp3) is 0.917. The molecule has 4 heteroatoms. The molecule has 0 fully saturated rings. The molecule has 0 aromatic rings. The normalized spacial score (nSPS) is 16.6. The highest BCUT2D eigenvalue weighted by Gasteiger charge is 2.17. The van der Waals surface area contributed by atoms with Crippen LogP contribution in [0.2, 0.25) is 0 Å². The van der Waals surface area contributed by atoms with Crippen molar-refractivity contribution in [2.45, 2.75) is 63.5 Å². The number of carbonyl (C=O) groups is 1. The first kappa shape index (κ1) is 15.8. The van der Waals surface area contributed by atoms with Crippen LogP contribution in [0.15, 0.2) is 0 Å². The molecular formula is C12H25NO2S. The zero-order valence-electron chi connectivity index (χ0n) is 10.8. The van der Waals surface area contributed by atoms with Gasteiger partial charge in [0.05, 0.1) is 5.25 Å². The van der Waals surface area contributed by atoms with E-state index in [9.17, 15) is 4.79 Å². The van der Waals surface area contributed by atoms with E-state index in [1.165, 1.54) is 0 Å². The Morgan fingerprint density at radius 3 is 2.44 bits per heavy atom. The summed E-state index contributed by atoms with van der Waals surface area (Å²) in [4.78, 5) is 11.8. The Morgan fingerprint density at radius 2 is 1.94 bits per heavy atom. The molecule has 3 unspecified atom stereocenters. The molecule has 3 nitrogen and oxygen atoms in total. The van der Waals surface area contributed by atoms with Gasteiger partial charge in [-0.05, 0) is 26.7 Å². The molecule has 0 aromatic carbocycles. The van der Waals surface area contributed by atoms with Gasteiger partial charge in [-0.3, -0.25) is 4.79 Å². The van der Waals surface area contributed by atoms with E-state index in [1.54, 1.807) is 11.8 Å². The van der Waals surface area contributed by atoms with Crippen LogP contribution >= 0.6 is 11.8 Å². The third kappa shape index (κ3) is 7.12. The molecule has 0 heterocycles. The summed E-state index contributed by atoms with van der Waals surface area (Å²) < 4.78 is 0. The first-order valence-corrected chi connectivity index (χ1v) is 7.02. The van der Waals surface area contributed by atoms with Crippen molar-refractivity contribution in [1.82, 2.24) is 5.32 Å². The number of thioether (sulfide) groups is 1. The number of aliphatic hydroxyl groups is 1. The van der Waals surface area contributed by atoms with E-state index in [2.05, 4.69) is 12.2 Å². The van der Waals surface area contributed by atoms with Crippen molar-refractivity contribution in [1.29, 1.82) is 0 Å². The summed E-state index contributed by atoms with van der Waals surface area (Å²) in [6.07, 6.45) is 2.85. The van der Waals surface area contributed by atoms with Crippen LogP contribution < -0.4 is 5.32 Å². The number of nitrogens with one attached hydrogen (secondary N) is 1. The SMILES string of the molecule is CCCC(C)NC(=O)C(C)SC(C)CCO. The number of aliphatic hydroxyl groups excluding tert-OH is 1. The van der Waals surface area contributed by atoms with Gasteiger partial charge in [0.25, 0.3) is 0 Å². The Hall–Kier alpha value is -0.220. The summed E-state index contributed by atoms with van der Waals surface area (Å²) in [7, 11) is 0. The lowest BCUT2D eigenvalue weighted by atomic mass is 10.2. The summed E-state index contributed by atoms with van der Waals surface area (Å²) >= 11 is 1.62. The maximum absolute atomic E-state index is 11.8. The second kappa shape index (κ2) is 8.88. The fourth-order valence-corrected chi connectivity index (χ4v) is 2.66.